The van der Waals surface area contributed by atoms with Crippen molar-refractivity contribution in [2.45, 2.75) is 13.0 Å². The largest absolute Gasteiger partial charge is 0.385 e. The number of carbonyl (C=O) groups excluding carboxylic acids is 2. The van der Waals surface area contributed by atoms with Crippen LogP contribution in [0.15, 0.2) is 48.5 Å². The van der Waals surface area contributed by atoms with Crippen molar-refractivity contribution < 1.29 is 14.3 Å². The minimum Gasteiger partial charge on any atom is -0.385 e. The van der Waals surface area contributed by atoms with E-state index >= 15 is 0 Å². The molecule has 0 saturated heterocycles. The van der Waals surface area contributed by atoms with Crippen LogP contribution >= 0.6 is 11.6 Å². The van der Waals surface area contributed by atoms with Crippen molar-refractivity contribution in [2.24, 2.45) is 0 Å². The van der Waals surface area contributed by atoms with Gasteiger partial charge in [0, 0.05) is 43.1 Å². The van der Waals surface area contributed by atoms with Gasteiger partial charge in [-0.25, -0.2) is 0 Å². The maximum absolute atomic E-state index is 12.1. The van der Waals surface area contributed by atoms with Crippen LogP contribution in [-0.2, 0) is 16.1 Å². The Kier molecular flexibility index (Phi) is 8.77. The number of rotatable bonds is 10. The van der Waals surface area contributed by atoms with Gasteiger partial charge in [0.25, 0.3) is 5.91 Å². The van der Waals surface area contributed by atoms with Gasteiger partial charge < -0.3 is 20.7 Å². The fourth-order valence-corrected chi connectivity index (χ4v) is 2.62. The Hall–Kier alpha value is -2.41. The molecule has 0 aliphatic heterocycles. The summed E-state index contributed by atoms with van der Waals surface area (Å²) >= 11 is 6.08. The lowest BCUT2D eigenvalue weighted by atomic mass is 10.2. The average molecular weight is 390 g/mol. The molecule has 2 amide bonds. The number of amides is 2. The van der Waals surface area contributed by atoms with E-state index in [1.165, 1.54) is 0 Å². The lowest BCUT2D eigenvalue weighted by Crippen LogP contribution is -2.28. The van der Waals surface area contributed by atoms with Crippen LogP contribution in [0.25, 0.3) is 0 Å². The molecule has 0 fully saturated rings. The normalized spacial score (nSPS) is 10.4. The van der Waals surface area contributed by atoms with E-state index in [0.717, 1.165) is 12.0 Å². The topological polar surface area (TPSA) is 79.5 Å². The number of methoxy groups -OCH3 is 1. The van der Waals surface area contributed by atoms with Gasteiger partial charge in [0.05, 0.1) is 6.54 Å². The number of ether oxygens (including phenoxy) is 1. The Labute approximate surface area is 164 Å². The first-order chi connectivity index (χ1) is 13.1. The van der Waals surface area contributed by atoms with E-state index in [4.69, 9.17) is 16.3 Å². The fraction of sp³-hybridized carbons (Fsp3) is 0.300. The van der Waals surface area contributed by atoms with Crippen molar-refractivity contribution in [1.82, 2.24) is 10.6 Å². The third-order valence-corrected chi connectivity index (χ3v) is 4.15. The first-order valence-electron chi connectivity index (χ1n) is 8.71. The maximum Gasteiger partial charge on any atom is 0.251 e. The lowest BCUT2D eigenvalue weighted by Gasteiger charge is -2.09. The van der Waals surface area contributed by atoms with Gasteiger partial charge in [-0.3, -0.25) is 9.59 Å². The van der Waals surface area contributed by atoms with Crippen LogP contribution in [0.1, 0.15) is 22.3 Å². The minimum absolute atomic E-state index is 0.138. The number of halogens is 1. The molecule has 144 valence electrons. The van der Waals surface area contributed by atoms with Crippen molar-refractivity contribution in [3.63, 3.8) is 0 Å². The van der Waals surface area contributed by atoms with E-state index in [-0.39, 0.29) is 18.4 Å². The zero-order valence-corrected chi connectivity index (χ0v) is 16.0. The zero-order valence-electron chi connectivity index (χ0n) is 15.3. The lowest BCUT2D eigenvalue weighted by molar-refractivity contribution is -0.115. The summed E-state index contributed by atoms with van der Waals surface area (Å²) in [6, 6.07) is 14.3. The summed E-state index contributed by atoms with van der Waals surface area (Å²) in [6.45, 7) is 1.77. The van der Waals surface area contributed by atoms with E-state index in [1.807, 2.05) is 24.3 Å². The predicted octanol–water partition coefficient (Wildman–Crippen LogP) is 2.83. The summed E-state index contributed by atoms with van der Waals surface area (Å²) in [5, 5.41) is 9.31. The highest BCUT2D eigenvalue weighted by Crippen LogP contribution is 2.14. The molecule has 27 heavy (non-hydrogen) atoms. The van der Waals surface area contributed by atoms with Gasteiger partial charge in [-0.05, 0) is 36.2 Å². The van der Waals surface area contributed by atoms with Gasteiger partial charge in [0.2, 0.25) is 5.91 Å². The van der Waals surface area contributed by atoms with E-state index in [9.17, 15) is 9.59 Å². The quantitative estimate of drug-likeness (QED) is 0.546. The molecule has 6 nitrogen and oxygen atoms in total. The first kappa shape index (κ1) is 20.9. The van der Waals surface area contributed by atoms with Gasteiger partial charge in [-0.15, -0.1) is 0 Å². The molecule has 0 aliphatic carbocycles. The average Bonchev–Trinajstić information content (AvgIpc) is 2.67. The standard InChI is InChI=1S/C20H24ClN3O3/c1-27-11-5-10-23-20(26)15-7-4-8-17(12-15)24-19(25)14-22-13-16-6-2-3-9-18(16)21/h2-4,6-9,12,22H,5,10-11,13-14H2,1H3,(H,23,26)(H,24,25). The molecule has 0 radical (unpaired) electrons. The molecule has 2 aromatic carbocycles. The molecule has 7 heteroatoms. The summed E-state index contributed by atoms with van der Waals surface area (Å²) in [5.74, 6) is -0.376. The predicted molar refractivity (Wildman–Crippen MR) is 107 cm³/mol. The third kappa shape index (κ3) is 7.38. The smallest absolute Gasteiger partial charge is 0.251 e. The Balaban J connectivity index is 1.80. The second kappa shape index (κ2) is 11.3. The Bertz CT molecular complexity index is 768. The summed E-state index contributed by atoms with van der Waals surface area (Å²) in [7, 11) is 1.62. The molecule has 0 atom stereocenters. The van der Waals surface area contributed by atoms with Crippen molar-refractivity contribution >= 4 is 29.1 Å². The van der Waals surface area contributed by atoms with Gasteiger partial charge in [0.1, 0.15) is 0 Å². The number of nitrogens with one attached hydrogen (secondary N) is 3. The van der Waals surface area contributed by atoms with Gasteiger partial charge >= 0.3 is 0 Å². The second-order valence-corrected chi connectivity index (χ2v) is 6.33. The molecule has 0 saturated carbocycles. The highest BCUT2D eigenvalue weighted by atomic mass is 35.5. The maximum atomic E-state index is 12.1. The van der Waals surface area contributed by atoms with Crippen molar-refractivity contribution in [3.05, 3.63) is 64.7 Å². The number of hydrogen-bond donors (Lipinski definition) is 3. The van der Waals surface area contributed by atoms with Gasteiger partial charge in [0.15, 0.2) is 0 Å². The van der Waals surface area contributed by atoms with Crippen LogP contribution in [0.4, 0.5) is 5.69 Å². The number of benzene rings is 2. The molecular weight excluding hydrogens is 366 g/mol. The molecule has 0 spiro atoms. The molecule has 0 heterocycles. The molecule has 0 unspecified atom stereocenters. The van der Waals surface area contributed by atoms with E-state index in [0.29, 0.717) is 36.0 Å². The fourth-order valence-electron chi connectivity index (χ4n) is 2.42. The summed E-state index contributed by atoms with van der Waals surface area (Å²) < 4.78 is 4.95. The van der Waals surface area contributed by atoms with Gasteiger partial charge in [-0.1, -0.05) is 35.9 Å². The van der Waals surface area contributed by atoms with Crippen LogP contribution in [0.2, 0.25) is 5.02 Å². The van der Waals surface area contributed by atoms with Crippen molar-refractivity contribution in [2.75, 3.05) is 32.1 Å². The SMILES string of the molecule is COCCCNC(=O)c1cccc(NC(=O)CNCc2ccccc2Cl)c1. The monoisotopic (exact) mass is 389 g/mol. The summed E-state index contributed by atoms with van der Waals surface area (Å²) in [5.41, 5.74) is 2.00. The summed E-state index contributed by atoms with van der Waals surface area (Å²) in [4.78, 5) is 24.2. The number of anilines is 1. The number of carbonyl (C=O) groups is 2. The molecule has 3 N–H and O–H groups in total. The highest BCUT2D eigenvalue weighted by molar-refractivity contribution is 6.31. The van der Waals surface area contributed by atoms with E-state index < -0.39 is 0 Å². The van der Waals surface area contributed by atoms with Crippen LogP contribution in [-0.4, -0.2) is 38.6 Å². The van der Waals surface area contributed by atoms with Crippen molar-refractivity contribution in [3.8, 4) is 0 Å². The molecule has 0 aromatic heterocycles. The molecule has 2 aromatic rings. The Morgan fingerprint density at radius 3 is 2.70 bits per heavy atom. The van der Waals surface area contributed by atoms with Crippen LogP contribution < -0.4 is 16.0 Å². The Morgan fingerprint density at radius 2 is 1.93 bits per heavy atom. The van der Waals surface area contributed by atoms with E-state index in [1.54, 1.807) is 31.4 Å². The number of hydrogen-bond acceptors (Lipinski definition) is 4. The second-order valence-electron chi connectivity index (χ2n) is 5.93. The Morgan fingerprint density at radius 1 is 1.11 bits per heavy atom. The van der Waals surface area contributed by atoms with Crippen LogP contribution in [0.3, 0.4) is 0 Å². The highest BCUT2D eigenvalue weighted by Gasteiger charge is 2.08. The third-order valence-electron chi connectivity index (χ3n) is 3.78. The van der Waals surface area contributed by atoms with Crippen molar-refractivity contribution in [1.29, 1.82) is 0 Å². The molecule has 0 aliphatic rings. The summed E-state index contributed by atoms with van der Waals surface area (Å²) in [6.07, 6.45) is 0.746. The van der Waals surface area contributed by atoms with Crippen LogP contribution in [0.5, 0.6) is 0 Å². The van der Waals surface area contributed by atoms with Gasteiger partial charge in [-0.2, -0.15) is 0 Å². The van der Waals surface area contributed by atoms with E-state index in [2.05, 4.69) is 16.0 Å². The van der Waals surface area contributed by atoms with Crippen LogP contribution in [0, 0.1) is 0 Å². The first-order valence-corrected chi connectivity index (χ1v) is 9.09. The zero-order chi connectivity index (χ0) is 19.5. The minimum atomic E-state index is -0.195. The molecule has 2 rings (SSSR count). The molecular formula is C20H24ClN3O3. The molecule has 0 bridgehead atoms.